The number of rotatable bonds is 3. The van der Waals surface area contributed by atoms with Crippen LogP contribution in [-0.2, 0) is 24.2 Å². The summed E-state index contributed by atoms with van der Waals surface area (Å²) in [5, 5.41) is 3.13. The maximum Gasteiger partial charge on any atom is 0.225 e. The number of nitrogens with zero attached hydrogens (tertiary/aromatic N) is 2. The molecule has 5 heteroatoms. The van der Waals surface area contributed by atoms with Crippen molar-refractivity contribution in [3.8, 4) is 0 Å². The van der Waals surface area contributed by atoms with Gasteiger partial charge in [0.15, 0.2) is 0 Å². The second-order valence-electron chi connectivity index (χ2n) is 4.99. The zero-order chi connectivity index (χ0) is 13.2. The molecule has 0 aliphatic carbocycles. The van der Waals surface area contributed by atoms with Gasteiger partial charge >= 0.3 is 0 Å². The smallest absolute Gasteiger partial charge is 0.225 e. The van der Waals surface area contributed by atoms with E-state index in [9.17, 15) is 4.79 Å². The molecule has 0 unspecified atom stereocenters. The van der Waals surface area contributed by atoms with Crippen LogP contribution in [0.1, 0.15) is 22.0 Å². The molecular weight excluding hydrogens is 258 g/mol. The predicted molar refractivity (Wildman–Crippen MR) is 75.2 cm³/mol. The van der Waals surface area contributed by atoms with Crippen LogP contribution in [-0.4, -0.2) is 21.5 Å². The van der Waals surface area contributed by atoms with Crippen LogP contribution in [0.25, 0.3) is 0 Å². The fraction of sp³-hybridized carbons (Fsp3) is 0.429. The van der Waals surface area contributed by atoms with Crippen LogP contribution in [0.15, 0.2) is 24.5 Å². The molecule has 1 N–H and O–H groups in total. The quantitative estimate of drug-likeness (QED) is 0.930. The number of amides is 1. The predicted octanol–water partition coefficient (Wildman–Crippen LogP) is 1.93. The van der Waals surface area contributed by atoms with Gasteiger partial charge in [-0.3, -0.25) is 4.79 Å². The van der Waals surface area contributed by atoms with E-state index in [-0.39, 0.29) is 11.9 Å². The Morgan fingerprint density at radius 1 is 1.58 bits per heavy atom. The lowest BCUT2D eigenvalue weighted by atomic mass is 10.1. The van der Waals surface area contributed by atoms with Crippen LogP contribution in [0.3, 0.4) is 0 Å². The highest BCUT2D eigenvalue weighted by atomic mass is 32.1. The largest absolute Gasteiger partial charge is 0.351 e. The number of nitrogens with one attached hydrogen (secondary N) is 1. The van der Waals surface area contributed by atoms with E-state index in [1.165, 1.54) is 4.88 Å². The average molecular weight is 275 g/mol. The van der Waals surface area contributed by atoms with Gasteiger partial charge in [-0.25, -0.2) is 4.98 Å². The van der Waals surface area contributed by atoms with E-state index in [0.717, 1.165) is 30.1 Å². The van der Waals surface area contributed by atoms with Gasteiger partial charge in [-0.2, -0.15) is 0 Å². The molecular formula is C14H17N3OS. The van der Waals surface area contributed by atoms with Crippen molar-refractivity contribution in [1.82, 2.24) is 14.9 Å². The van der Waals surface area contributed by atoms with Crippen LogP contribution in [0.2, 0.25) is 0 Å². The lowest BCUT2D eigenvalue weighted by Gasteiger charge is -2.24. The van der Waals surface area contributed by atoms with Gasteiger partial charge in [-0.1, -0.05) is 0 Å². The zero-order valence-electron chi connectivity index (χ0n) is 10.9. The van der Waals surface area contributed by atoms with Crippen LogP contribution < -0.4 is 5.32 Å². The molecule has 2 aromatic heterocycles. The summed E-state index contributed by atoms with van der Waals surface area (Å²) in [6.07, 6.45) is 6.22. The summed E-state index contributed by atoms with van der Waals surface area (Å²) in [6, 6.07) is 4.33. The third-order valence-electron chi connectivity index (χ3n) is 3.43. The second kappa shape index (κ2) is 5.17. The molecule has 0 fully saturated rings. The van der Waals surface area contributed by atoms with Crippen molar-refractivity contribution in [2.45, 2.75) is 38.8 Å². The minimum atomic E-state index is 0.121. The number of aromatic nitrogens is 2. The number of imidazole rings is 1. The maximum atomic E-state index is 12.0. The summed E-state index contributed by atoms with van der Waals surface area (Å²) in [7, 11) is 0. The van der Waals surface area contributed by atoms with Gasteiger partial charge in [0.1, 0.15) is 5.82 Å². The van der Waals surface area contributed by atoms with Crippen molar-refractivity contribution in [1.29, 1.82) is 0 Å². The third kappa shape index (κ3) is 2.87. The van der Waals surface area contributed by atoms with Crippen LogP contribution >= 0.6 is 11.3 Å². The third-order valence-corrected chi connectivity index (χ3v) is 4.43. The summed E-state index contributed by atoms with van der Waals surface area (Å²) >= 11 is 1.69. The number of hydrogen-bond donors (Lipinski definition) is 1. The second-order valence-corrected chi connectivity index (χ2v) is 6.36. The highest BCUT2D eigenvalue weighted by Gasteiger charge is 2.20. The summed E-state index contributed by atoms with van der Waals surface area (Å²) in [6.45, 7) is 2.90. The van der Waals surface area contributed by atoms with Gasteiger partial charge in [0.25, 0.3) is 0 Å². The van der Waals surface area contributed by atoms with Gasteiger partial charge in [0.2, 0.25) is 5.91 Å². The van der Waals surface area contributed by atoms with E-state index in [1.807, 2.05) is 18.5 Å². The Balaban J connectivity index is 1.56. The van der Waals surface area contributed by atoms with Crippen molar-refractivity contribution in [3.63, 3.8) is 0 Å². The topological polar surface area (TPSA) is 46.9 Å². The molecule has 0 aromatic carbocycles. The first kappa shape index (κ1) is 12.4. The van der Waals surface area contributed by atoms with Gasteiger partial charge < -0.3 is 9.88 Å². The first-order chi connectivity index (χ1) is 9.20. The van der Waals surface area contributed by atoms with Gasteiger partial charge in [-0.05, 0) is 25.5 Å². The molecule has 0 saturated carbocycles. The van der Waals surface area contributed by atoms with E-state index < -0.39 is 0 Å². The lowest BCUT2D eigenvalue weighted by molar-refractivity contribution is -0.121. The fourth-order valence-corrected chi connectivity index (χ4v) is 3.39. The maximum absolute atomic E-state index is 12.0. The molecule has 3 heterocycles. The first-order valence-corrected chi connectivity index (χ1v) is 7.37. The molecule has 0 spiro atoms. The molecule has 1 atom stereocenters. The number of carbonyl (C=O) groups excluding carboxylic acids is 1. The summed E-state index contributed by atoms with van der Waals surface area (Å²) < 4.78 is 2.13. The standard InChI is InChI=1S/C14H17N3OS/c1-10-2-4-12(19-10)8-14(18)16-11-3-5-13-15-6-7-17(13)9-11/h2,4,6-7,11H,3,5,8-9H2,1H3,(H,16,18)/t11-/m0/s1. The molecule has 19 heavy (non-hydrogen) atoms. The van der Waals surface area contributed by atoms with Crippen LogP contribution in [0, 0.1) is 6.92 Å². The minimum absolute atomic E-state index is 0.121. The summed E-state index contributed by atoms with van der Waals surface area (Å²) in [5.41, 5.74) is 0. The number of hydrogen-bond acceptors (Lipinski definition) is 3. The average Bonchev–Trinajstić information content (AvgIpc) is 2.97. The Morgan fingerprint density at radius 3 is 3.26 bits per heavy atom. The SMILES string of the molecule is Cc1ccc(CC(=O)N[C@H]2CCc3nccn3C2)s1. The van der Waals surface area contributed by atoms with Gasteiger partial charge in [0.05, 0.1) is 6.42 Å². The summed E-state index contributed by atoms with van der Waals surface area (Å²) in [5.74, 6) is 1.25. The Morgan fingerprint density at radius 2 is 2.47 bits per heavy atom. The number of aryl methyl sites for hydroxylation is 2. The van der Waals surface area contributed by atoms with Crippen molar-refractivity contribution >= 4 is 17.2 Å². The van der Waals surface area contributed by atoms with Crippen molar-refractivity contribution in [2.24, 2.45) is 0 Å². The Bertz CT molecular complexity index is 587. The molecule has 0 saturated heterocycles. The van der Waals surface area contributed by atoms with Crippen LogP contribution in [0.5, 0.6) is 0 Å². The molecule has 100 valence electrons. The zero-order valence-corrected chi connectivity index (χ0v) is 11.7. The minimum Gasteiger partial charge on any atom is -0.351 e. The van der Waals surface area contributed by atoms with Crippen molar-refractivity contribution in [2.75, 3.05) is 0 Å². The van der Waals surface area contributed by atoms with E-state index >= 15 is 0 Å². The monoisotopic (exact) mass is 275 g/mol. The Hall–Kier alpha value is -1.62. The molecule has 0 bridgehead atoms. The van der Waals surface area contributed by atoms with E-state index in [1.54, 1.807) is 11.3 Å². The molecule has 1 aliphatic rings. The molecule has 0 radical (unpaired) electrons. The van der Waals surface area contributed by atoms with Gasteiger partial charge in [-0.15, -0.1) is 11.3 Å². The highest BCUT2D eigenvalue weighted by Crippen LogP contribution is 2.16. The Labute approximate surface area is 116 Å². The number of fused-ring (bicyclic) bond motifs is 1. The number of carbonyl (C=O) groups is 1. The number of thiophene rings is 1. The molecule has 2 aromatic rings. The van der Waals surface area contributed by atoms with E-state index in [2.05, 4.69) is 27.9 Å². The van der Waals surface area contributed by atoms with Crippen molar-refractivity contribution in [3.05, 3.63) is 40.1 Å². The first-order valence-electron chi connectivity index (χ1n) is 6.55. The summed E-state index contributed by atoms with van der Waals surface area (Å²) in [4.78, 5) is 18.7. The fourth-order valence-electron chi connectivity index (χ4n) is 2.50. The van der Waals surface area contributed by atoms with E-state index in [0.29, 0.717) is 6.42 Å². The molecule has 3 rings (SSSR count). The van der Waals surface area contributed by atoms with Crippen molar-refractivity contribution < 1.29 is 4.79 Å². The van der Waals surface area contributed by atoms with Crippen LogP contribution in [0.4, 0.5) is 0 Å². The Kier molecular flexibility index (Phi) is 3.38. The van der Waals surface area contributed by atoms with Gasteiger partial charge in [0, 0.05) is 41.2 Å². The normalized spacial score (nSPS) is 18.1. The molecule has 1 aliphatic heterocycles. The molecule has 1 amide bonds. The highest BCUT2D eigenvalue weighted by molar-refractivity contribution is 7.12. The molecule has 4 nitrogen and oxygen atoms in total. The van der Waals surface area contributed by atoms with E-state index in [4.69, 9.17) is 0 Å². The lowest BCUT2D eigenvalue weighted by Crippen LogP contribution is -2.41.